The molecule has 0 saturated heterocycles. The third-order valence-corrected chi connectivity index (χ3v) is 6.73. The van der Waals surface area contributed by atoms with Crippen molar-refractivity contribution in [3.8, 4) is 5.75 Å². The normalized spacial score (nSPS) is 15.1. The quantitative estimate of drug-likeness (QED) is 0.208. The van der Waals surface area contributed by atoms with E-state index in [9.17, 15) is 4.79 Å². The Hall–Kier alpha value is -4.16. The molecule has 1 N–H and O–H groups in total. The summed E-state index contributed by atoms with van der Waals surface area (Å²) < 4.78 is 9.98. The first-order valence-electron chi connectivity index (χ1n) is 15.0. The molecule has 0 radical (unpaired) electrons. The molecular weight excluding hydrogens is 524 g/mol. The molecule has 1 atom stereocenters. The van der Waals surface area contributed by atoms with E-state index in [1.807, 2.05) is 38.1 Å². The number of carbonyl (C=O) groups is 1. The number of hydrogen-bond acceptors (Lipinski definition) is 6. The average Bonchev–Trinajstić information content (AvgIpc) is 3.74. The number of anilines is 1. The lowest BCUT2D eigenvalue weighted by molar-refractivity contribution is -0.154. The molecular formula is C36H44N2O4. The SMILES string of the molecule is CC.CCC.CCc1ccc(N2N=C(c3ccc(C4=CC=CC4)cc3)CC2c2ccc(OCC(=O)OCO)cc2)cc1. The summed E-state index contributed by atoms with van der Waals surface area (Å²) in [6.45, 7) is 9.49. The minimum Gasteiger partial charge on any atom is -0.482 e. The highest BCUT2D eigenvalue weighted by Crippen LogP contribution is 2.37. The lowest BCUT2D eigenvalue weighted by Gasteiger charge is -2.24. The predicted molar refractivity (Wildman–Crippen MR) is 173 cm³/mol. The van der Waals surface area contributed by atoms with Crippen LogP contribution in [0.2, 0.25) is 0 Å². The van der Waals surface area contributed by atoms with Crippen molar-refractivity contribution in [3.63, 3.8) is 0 Å². The van der Waals surface area contributed by atoms with Crippen molar-refractivity contribution >= 4 is 22.9 Å². The number of hydrogen-bond donors (Lipinski definition) is 1. The molecule has 3 aromatic rings. The highest BCUT2D eigenvalue weighted by molar-refractivity contribution is 6.03. The largest absolute Gasteiger partial charge is 0.482 e. The number of nitrogens with zero attached hydrogens (tertiary/aromatic N) is 2. The monoisotopic (exact) mass is 568 g/mol. The van der Waals surface area contributed by atoms with Gasteiger partial charge in [-0.1, -0.05) is 108 Å². The Morgan fingerprint density at radius 1 is 0.929 bits per heavy atom. The lowest BCUT2D eigenvalue weighted by atomic mass is 9.96. The molecule has 6 heteroatoms. The second kappa shape index (κ2) is 16.9. The summed E-state index contributed by atoms with van der Waals surface area (Å²) in [5, 5.41) is 15.9. The Morgan fingerprint density at radius 3 is 2.14 bits per heavy atom. The molecule has 222 valence electrons. The van der Waals surface area contributed by atoms with Crippen LogP contribution in [0.1, 0.15) is 82.2 Å². The van der Waals surface area contributed by atoms with Crippen LogP contribution in [0.3, 0.4) is 0 Å². The Morgan fingerprint density at radius 2 is 1.57 bits per heavy atom. The van der Waals surface area contributed by atoms with Crippen LogP contribution in [0, 0.1) is 0 Å². The minimum absolute atomic E-state index is 0.0253. The maximum absolute atomic E-state index is 11.5. The fourth-order valence-electron chi connectivity index (χ4n) is 4.65. The zero-order valence-electron chi connectivity index (χ0n) is 25.5. The molecule has 0 saturated carbocycles. The molecule has 0 fully saturated rings. The van der Waals surface area contributed by atoms with Gasteiger partial charge in [0.2, 0.25) is 0 Å². The second-order valence-corrected chi connectivity index (χ2v) is 9.74. The number of aliphatic hydroxyl groups excluding tert-OH is 1. The molecule has 42 heavy (non-hydrogen) atoms. The maximum atomic E-state index is 11.5. The molecule has 0 spiro atoms. The summed E-state index contributed by atoms with van der Waals surface area (Å²) in [6, 6.07) is 25.0. The second-order valence-electron chi connectivity index (χ2n) is 9.74. The van der Waals surface area contributed by atoms with E-state index in [2.05, 4.69) is 97.3 Å². The van der Waals surface area contributed by atoms with Gasteiger partial charge in [-0.05, 0) is 64.9 Å². The molecule has 0 amide bonds. The van der Waals surface area contributed by atoms with E-state index in [-0.39, 0.29) is 12.6 Å². The number of aryl methyl sites for hydroxylation is 1. The van der Waals surface area contributed by atoms with Gasteiger partial charge in [0.15, 0.2) is 13.4 Å². The van der Waals surface area contributed by atoms with Crippen molar-refractivity contribution in [2.24, 2.45) is 5.10 Å². The molecule has 5 rings (SSSR count). The van der Waals surface area contributed by atoms with Crippen LogP contribution < -0.4 is 9.75 Å². The summed E-state index contributed by atoms with van der Waals surface area (Å²) in [5.74, 6) is -0.0588. The molecule has 1 heterocycles. The molecule has 1 aliphatic carbocycles. The van der Waals surface area contributed by atoms with E-state index in [1.165, 1.54) is 23.1 Å². The summed E-state index contributed by atoms with van der Waals surface area (Å²) in [7, 11) is 0. The Bertz CT molecular complexity index is 1340. The Balaban J connectivity index is 0.000000910. The summed E-state index contributed by atoms with van der Waals surface area (Å²) in [6.07, 6.45) is 10.4. The minimum atomic E-state index is -0.655. The Labute approximate surface area is 251 Å². The summed E-state index contributed by atoms with van der Waals surface area (Å²) in [5.41, 5.74) is 8.18. The molecule has 6 nitrogen and oxygen atoms in total. The van der Waals surface area contributed by atoms with E-state index in [0.717, 1.165) is 41.8 Å². The van der Waals surface area contributed by atoms with Crippen LogP contribution in [0.4, 0.5) is 5.69 Å². The zero-order chi connectivity index (χ0) is 30.3. The van der Waals surface area contributed by atoms with E-state index in [4.69, 9.17) is 14.9 Å². The van der Waals surface area contributed by atoms with E-state index in [1.54, 1.807) is 0 Å². The van der Waals surface area contributed by atoms with Crippen molar-refractivity contribution in [2.45, 2.75) is 66.3 Å². The van der Waals surface area contributed by atoms with Gasteiger partial charge in [0, 0.05) is 6.42 Å². The first kappa shape index (κ1) is 32.4. The molecule has 1 unspecified atom stereocenters. The van der Waals surface area contributed by atoms with E-state index in [0.29, 0.717) is 5.75 Å². The third-order valence-electron chi connectivity index (χ3n) is 6.73. The van der Waals surface area contributed by atoms with Gasteiger partial charge >= 0.3 is 5.97 Å². The fraction of sp³-hybridized carbons (Fsp3) is 0.333. The zero-order valence-corrected chi connectivity index (χ0v) is 25.5. The van der Waals surface area contributed by atoms with Crippen molar-refractivity contribution in [1.29, 1.82) is 0 Å². The summed E-state index contributed by atoms with van der Waals surface area (Å²) >= 11 is 0. The van der Waals surface area contributed by atoms with E-state index >= 15 is 0 Å². The van der Waals surface area contributed by atoms with Gasteiger partial charge in [0.1, 0.15) is 5.75 Å². The number of hydrazone groups is 1. The van der Waals surface area contributed by atoms with Crippen molar-refractivity contribution in [2.75, 3.05) is 18.4 Å². The van der Waals surface area contributed by atoms with Crippen LogP contribution >= 0.6 is 0 Å². The van der Waals surface area contributed by atoms with Crippen LogP contribution in [-0.2, 0) is 16.0 Å². The topological polar surface area (TPSA) is 71.4 Å². The fourth-order valence-corrected chi connectivity index (χ4v) is 4.65. The van der Waals surface area contributed by atoms with Gasteiger partial charge in [-0.15, -0.1) is 0 Å². The third kappa shape index (κ3) is 8.67. The van der Waals surface area contributed by atoms with Gasteiger partial charge in [-0.3, -0.25) is 5.01 Å². The first-order chi connectivity index (χ1) is 20.6. The van der Waals surface area contributed by atoms with Crippen molar-refractivity contribution in [3.05, 3.63) is 113 Å². The smallest absolute Gasteiger partial charge is 0.346 e. The van der Waals surface area contributed by atoms with Crippen LogP contribution in [-0.4, -0.2) is 30.2 Å². The Kier molecular flexibility index (Phi) is 13.1. The number of esters is 1. The molecule has 1 aliphatic heterocycles. The predicted octanol–water partition coefficient (Wildman–Crippen LogP) is 8.26. The number of ether oxygens (including phenoxy) is 2. The standard InChI is InChI=1S/C31H30N2O4.C3H8.C2H6/c1-2-22-7-15-27(16-8-22)33-30(26-13-17-28(18-14-26)36-20-31(35)37-21-34)19-29(32-33)25-11-9-24(10-12-25)23-5-3-4-6-23;1-3-2;1-2/h3-5,7-18,30,34H,2,6,19-21H2,1H3;3H2,1-2H3;1-2H3. The lowest BCUT2D eigenvalue weighted by Crippen LogP contribution is -2.18. The molecule has 2 aliphatic rings. The van der Waals surface area contributed by atoms with Crippen LogP contribution in [0.15, 0.2) is 96.1 Å². The number of carbonyl (C=O) groups excluding carboxylic acids is 1. The first-order valence-corrected chi connectivity index (χ1v) is 15.0. The van der Waals surface area contributed by atoms with Gasteiger partial charge in [0.25, 0.3) is 0 Å². The van der Waals surface area contributed by atoms with E-state index < -0.39 is 12.8 Å². The van der Waals surface area contributed by atoms with Gasteiger partial charge in [-0.25, -0.2) is 4.79 Å². The van der Waals surface area contributed by atoms with Gasteiger partial charge in [0.05, 0.1) is 17.4 Å². The average molecular weight is 569 g/mol. The van der Waals surface area contributed by atoms with Crippen LogP contribution in [0.25, 0.3) is 5.57 Å². The van der Waals surface area contributed by atoms with Gasteiger partial charge < -0.3 is 14.6 Å². The highest BCUT2D eigenvalue weighted by atomic mass is 16.6. The van der Waals surface area contributed by atoms with Crippen molar-refractivity contribution < 1.29 is 19.4 Å². The molecule has 0 aromatic heterocycles. The molecule has 0 bridgehead atoms. The number of benzene rings is 3. The number of rotatable bonds is 9. The highest BCUT2D eigenvalue weighted by Gasteiger charge is 2.30. The maximum Gasteiger partial charge on any atom is 0.346 e. The van der Waals surface area contributed by atoms with Crippen LogP contribution in [0.5, 0.6) is 5.75 Å². The number of allylic oxidation sites excluding steroid dienone is 4. The molecule has 3 aromatic carbocycles. The van der Waals surface area contributed by atoms with Crippen molar-refractivity contribution in [1.82, 2.24) is 0 Å². The number of aliphatic hydroxyl groups is 1. The van der Waals surface area contributed by atoms with Gasteiger partial charge in [-0.2, -0.15) is 5.10 Å². The summed E-state index contributed by atoms with van der Waals surface area (Å²) in [4.78, 5) is 11.5.